The van der Waals surface area contributed by atoms with Gasteiger partial charge in [-0.05, 0) is 81.2 Å². The lowest BCUT2D eigenvalue weighted by Crippen LogP contribution is -2.41. The number of allylic oxidation sites excluding steroid dienone is 2. The zero-order valence-electron chi connectivity index (χ0n) is 24.2. The smallest absolute Gasteiger partial charge is 0.399 e. The molecule has 206 valence electrons. The number of rotatable bonds is 7. The van der Waals surface area contributed by atoms with Gasteiger partial charge in [-0.15, -0.1) is 0 Å². The van der Waals surface area contributed by atoms with Crippen molar-refractivity contribution >= 4 is 24.2 Å². The molecule has 5 heteroatoms. The van der Waals surface area contributed by atoms with Crippen LogP contribution in [0.15, 0.2) is 145 Å². The van der Waals surface area contributed by atoms with Crippen LogP contribution in [0.5, 0.6) is 0 Å². The molecular formula is C36H37BN2O2. The third-order valence-electron chi connectivity index (χ3n) is 8.48. The topological polar surface area (TPSA) is 33.7 Å². The van der Waals surface area contributed by atoms with Gasteiger partial charge in [0.05, 0.1) is 16.7 Å². The second-order valence-corrected chi connectivity index (χ2v) is 11.9. The highest BCUT2D eigenvalue weighted by Gasteiger charge is 2.53. The lowest BCUT2D eigenvalue weighted by Gasteiger charge is -2.41. The minimum atomic E-state index is -0.562. The van der Waals surface area contributed by atoms with Crippen LogP contribution >= 0.6 is 0 Å². The van der Waals surface area contributed by atoms with Crippen molar-refractivity contribution < 1.29 is 9.31 Å². The highest BCUT2D eigenvalue weighted by molar-refractivity contribution is 6.55. The molecule has 0 aromatic heterocycles. The van der Waals surface area contributed by atoms with E-state index in [9.17, 15) is 0 Å². The van der Waals surface area contributed by atoms with Crippen LogP contribution in [-0.2, 0) is 14.8 Å². The first-order valence-corrected chi connectivity index (χ1v) is 14.3. The fourth-order valence-electron chi connectivity index (χ4n) is 5.65. The van der Waals surface area contributed by atoms with Gasteiger partial charge < -0.3 is 19.5 Å². The molecule has 1 aliphatic carbocycles. The molecule has 1 heterocycles. The summed E-state index contributed by atoms with van der Waals surface area (Å²) in [5.74, 6) is 0. The van der Waals surface area contributed by atoms with Crippen LogP contribution in [0.4, 0.5) is 17.1 Å². The van der Waals surface area contributed by atoms with Gasteiger partial charge in [0.2, 0.25) is 0 Å². The van der Waals surface area contributed by atoms with Crippen molar-refractivity contribution in [3.8, 4) is 0 Å². The maximum absolute atomic E-state index is 6.64. The van der Waals surface area contributed by atoms with Crippen LogP contribution in [0.3, 0.4) is 0 Å². The third kappa shape index (κ3) is 5.36. The monoisotopic (exact) mass is 540 g/mol. The molecule has 0 saturated carbocycles. The molecule has 1 atom stereocenters. The fraction of sp³-hybridized carbons (Fsp3) is 0.222. The Labute approximate surface area is 244 Å². The Balaban J connectivity index is 1.56. The Bertz CT molecular complexity index is 1480. The van der Waals surface area contributed by atoms with E-state index in [2.05, 4.69) is 165 Å². The standard InChI is InChI=1S/C36H37BN2O2/c1-34(2)35(3,4)41-37(40-34)29-25-33(39(31-21-13-7-14-22-31)32-23-15-8-16-24-32)27-36(26-29,28-17-9-5-10-18-28)38-30-19-11-6-12-20-30/h5-26,38H,27H2,1-4H3. The van der Waals surface area contributed by atoms with Crippen molar-refractivity contribution in [3.63, 3.8) is 0 Å². The van der Waals surface area contributed by atoms with E-state index in [-0.39, 0.29) is 0 Å². The summed E-state index contributed by atoms with van der Waals surface area (Å²) >= 11 is 0. The van der Waals surface area contributed by atoms with E-state index in [4.69, 9.17) is 9.31 Å². The number of hydrogen-bond acceptors (Lipinski definition) is 4. The first-order valence-electron chi connectivity index (χ1n) is 14.3. The van der Waals surface area contributed by atoms with Gasteiger partial charge >= 0.3 is 7.12 Å². The summed E-state index contributed by atoms with van der Waals surface area (Å²) in [6, 6.07) is 42.2. The quantitative estimate of drug-likeness (QED) is 0.238. The van der Waals surface area contributed by atoms with Crippen LogP contribution < -0.4 is 10.2 Å². The van der Waals surface area contributed by atoms with Crippen molar-refractivity contribution in [2.45, 2.75) is 50.9 Å². The van der Waals surface area contributed by atoms with Crippen molar-refractivity contribution in [1.82, 2.24) is 0 Å². The minimum Gasteiger partial charge on any atom is -0.399 e. The van der Waals surface area contributed by atoms with Crippen LogP contribution in [0.25, 0.3) is 0 Å². The Morgan fingerprint density at radius 1 is 0.634 bits per heavy atom. The van der Waals surface area contributed by atoms with Gasteiger partial charge in [-0.3, -0.25) is 0 Å². The Kier molecular flexibility index (Phi) is 7.10. The molecule has 0 radical (unpaired) electrons. The summed E-state index contributed by atoms with van der Waals surface area (Å²) in [5.41, 5.74) is 5.08. The largest absolute Gasteiger partial charge is 0.494 e. The Morgan fingerprint density at radius 2 is 1.10 bits per heavy atom. The van der Waals surface area contributed by atoms with Gasteiger partial charge in [0, 0.05) is 29.2 Å². The highest BCUT2D eigenvalue weighted by atomic mass is 16.7. The number of para-hydroxylation sites is 3. The van der Waals surface area contributed by atoms with Crippen molar-refractivity contribution in [3.05, 3.63) is 150 Å². The van der Waals surface area contributed by atoms with Crippen molar-refractivity contribution in [2.75, 3.05) is 10.2 Å². The Hall–Kier alpha value is -4.06. The summed E-state index contributed by atoms with van der Waals surface area (Å²) in [6.07, 6.45) is 5.28. The molecule has 2 aliphatic rings. The molecule has 6 rings (SSSR count). The van der Waals surface area contributed by atoms with E-state index in [1.54, 1.807) is 0 Å². The summed E-state index contributed by atoms with van der Waals surface area (Å²) < 4.78 is 13.3. The lowest BCUT2D eigenvalue weighted by molar-refractivity contribution is 0.00578. The number of nitrogens with zero attached hydrogens (tertiary/aromatic N) is 1. The zero-order chi connectivity index (χ0) is 28.5. The van der Waals surface area contributed by atoms with Gasteiger partial charge in [0.1, 0.15) is 0 Å². The summed E-state index contributed by atoms with van der Waals surface area (Å²) in [7, 11) is -0.510. The molecule has 4 nitrogen and oxygen atoms in total. The van der Waals surface area contributed by atoms with Crippen LogP contribution in [0.1, 0.15) is 39.7 Å². The van der Waals surface area contributed by atoms with Crippen LogP contribution in [0, 0.1) is 0 Å². The van der Waals surface area contributed by atoms with Crippen molar-refractivity contribution in [1.29, 1.82) is 0 Å². The minimum absolute atomic E-state index is 0.454. The molecule has 4 aromatic rings. The second kappa shape index (κ2) is 10.7. The second-order valence-electron chi connectivity index (χ2n) is 11.9. The highest BCUT2D eigenvalue weighted by Crippen LogP contribution is 2.46. The first kappa shape index (κ1) is 27.1. The molecule has 0 spiro atoms. The van der Waals surface area contributed by atoms with Gasteiger partial charge in [-0.1, -0.05) is 91.0 Å². The van der Waals surface area contributed by atoms with E-state index in [0.29, 0.717) is 6.42 Å². The maximum Gasteiger partial charge on any atom is 0.494 e. The average molecular weight is 541 g/mol. The van der Waals surface area contributed by atoms with Crippen molar-refractivity contribution in [2.24, 2.45) is 0 Å². The molecule has 0 bridgehead atoms. The molecule has 1 N–H and O–H groups in total. The molecular weight excluding hydrogens is 503 g/mol. The van der Waals surface area contributed by atoms with Gasteiger partial charge in [0.25, 0.3) is 0 Å². The molecule has 1 saturated heterocycles. The molecule has 1 fully saturated rings. The molecule has 1 aliphatic heterocycles. The van der Waals surface area contributed by atoms with Gasteiger partial charge in [-0.2, -0.15) is 0 Å². The SMILES string of the molecule is CC1(C)OB(C2=CC(Nc3ccccc3)(c3ccccc3)CC(N(c3ccccc3)c3ccccc3)=C2)OC1(C)C. The third-order valence-corrected chi connectivity index (χ3v) is 8.48. The number of anilines is 3. The summed E-state index contributed by atoms with van der Waals surface area (Å²) in [4.78, 5) is 2.35. The lowest BCUT2D eigenvalue weighted by atomic mass is 9.68. The fourth-order valence-corrected chi connectivity index (χ4v) is 5.65. The molecule has 0 amide bonds. The van der Waals surface area contributed by atoms with E-state index in [1.165, 1.54) is 5.56 Å². The van der Waals surface area contributed by atoms with Crippen LogP contribution in [-0.4, -0.2) is 18.3 Å². The van der Waals surface area contributed by atoms with E-state index < -0.39 is 23.9 Å². The summed E-state index contributed by atoms with van der Waals surface area (Å²) in [5, 5.41) is 3.94. The number of hydrogen-bond donors (Lipinski definition) is 1. The molecule has 1 unspecified atom stereocenters. The predicted octanol–water partition coefficient (Wildman–Crippen LogP) is 8.68. The number of nitrogens with one attached hydrogen (secondary N) is 1. The van der Waals surface area contributed by atoms with Crippen LogP contribution in [0.2, 0.25) is 0 Å². The average Bonchev–Trinajstić information content (AvgIpc) is 3.21. The summed E-state index contributed by atoms with van der Waals surface area (Å²) in [6.45, 7) is 8.42. The van der Waals surface area contributed by atoms with Gasteiger partial charge in [0.15, 0.2) is 0 Å². The Morgan fingerprint density at radius 3 is 1.61 bits per heavy atom. The first-order chi connectivity index (χ1) is 19.8. The van der Waals surface area contributed by atoms with E-state index >= 15 is 0 Å². The normalized spacial score (nSPS) is 21.1. The molecule has 4 aromatic carbocycles. The van der Waals surface area contributed by atoms with E-state index in [0.717, 1.165) is 28.2 Å². The van der Waals surface area contributed by atoms with Gasteiger partial charge in [-0.25, -0.2) is 0 Å². The molecule has 41 heavy (non-hydrogen) atoms. The number of benzene rings is 4. The zero-order valence-corrected chi connectivity index (χ0v) is 24.2. The predicted molar refractivity (Wildman–Crippen MR) is 170 cm³/mol. The maximum atomic E-state index is 6.64. The van der Waals surface area contributed by atoms with E-state index in [1.807, 2.05) is 6.07 Å².